The number of fused-ring (bicyclic) bond motifs is 4. The fraction of sp³-hybridized carbons (Fsp3) is 0.438. The summed E-state index contributed by atoms with van der Waals surface area (Å²) in [6.07, 6.45) is 3.23. The quantitative estimate of drug-likeness (QED) is 0.0932. The van der Waals surface area contributed by atoms with E-state index < -0.39 is 0 Å². The average molecular weight is 639 g/mol. The van der Waals surface area contributed by atoms with Crippen molar-refractivity contribution in [1.29, 1.82) is 0 Å². The van der Waals surface area contributed by atoms with E-state index in [2.05, 4.69) is 32.4 Å². The Morgan fingerprint density at radius 1 is 1.09 bits per heavy atom. The van der Waals surface area contributed by atoms with Crippen molar-refractivity contribution in [2.75, 3.05) is 45.0 Å². The first-order valence-electron chi connectivity index (χ1n) is 15.3. The fourth-order valence-electron chi connectivity index (χ4n) is 6.14. The molecule has 0 radical (unpaired) electrons. The monoisotopic (exact) mass is 638 g/mol. The standard InChI is InChI=1S/C32H39FN6O5S/c1-42-25-15-19-14-23-29(22(19)17-26(25)43-2)38-39(31(23)35-21-7-5-6-20(33)16-21)11-13-44-12-10-34-28(40)9-4-3-8-27-30-24(18-45-27)36-32(41)37-30/h5-7,14-17,24,27,30,35,38H,3-4,8-13,18H2,1-2H3,(H,34,40)(H2,36,37,41). The number of halogens is 1. The van der Waals surface area contributed by atoms with Crippen molar-refractivity contribution in [3.05, 3.63) is 48.3 Å². The van der Waals surface area contributed by atoms with E-state index in [1.165, 1.54) is 12.1 Å². The summed E-state index contributed by atoms with van der Waals surface area (Å²) in [4.78, 5) is 23.9. The zero-order chi connectivity index (χ0) is 31.3. The number of amides is 3. The number of H-pyrrole nitrogens is 1. The normalized spacial score (nSPS) is 19.0. The molecule has 4 aliphatic rings. The number of rotatable bonds is 15. The Bertz CT molecular complexity index is 1620. The van der Waals surface area contributed by atoms with E-state index in [4.69, 9.17) is 14.2 Å². The molecule has 5 N–H and O–H groups in total. The lowest BCUT2D eigenvalue weighted by atomic mass is 10.0. The van der Waals surface area contributed by atoms with Gasteiger partial charge in [-0.05, 0) is 54.6 Å². The number of ether oxygens (including phenoxy) is 3. The van der Waals surface area contributed by atoms with Gasteiger partial charge in [-0.15, -0.1) is 0 Å². The number of carbonyl (C=O) groups excluding carboxylic acids is 2. The molecule has 0 spiro atoms. The molecule has 0 saturated carbocycles. The molecule has 0 bridgehead atoms. The summed E-state index contributed by atoms with van der Waals surface area (Å²) < 4.78 is 32.8. The van der Waals surface area contributed by atoms with Gasteiger partial charge in [0.25, 0.3) is 0 Å². The minimum atomic E-state index is -0.326. The molecule has 3 heterocycles. The van der Waals surface area contributed by atoms with Crippen LogP contribution in [0.25, 0.3) is 22.0 Å². The number of hydrogen-bond acceptors (Lipinski definition) is 7. The number of carbonyl (C=O) groups is 2. The number of anilines is 2. The van der Waals surface area contributed by atoms with Crippen molar-refractivity contribution in [2.45, 2.75) is 49.6 Å². The first kappa shape index (κ1) is 30.9. The van der Waals surface area contributed by atoms with Crippen LogP contribution in [-0.2, 0) is 16.1 Å². The van der Waals surface area contributed by atoms with Crippen LogP contribution in [0.15, 0.2) is 42.5 Å². The number of aromatic amines is 1. The van der Waals surface area contributed by atoms with Gasteiger partial charge in [-0.3, -0.25) is 14.6 Å². The molecule has 3 amide bonds. The van der Waals surface area contributed by atoms with Crippen LogP contribution in [-0.4, -0.2) is 78.8 Å². The highest BCUT2D eigenvalue weighted by Gasteiger charge is 2.42. The summed E-state index contributed by atoms with van der Waals surface area (Å²) in [5.74, 6) is 2.69. The van der Waals surface area contributed by atoms with E-state index in [9.17, 15) is 14.0 Å². The summed E-state index contributed by atoms with van der Waals surface area (Å²) in [7, 11) is 3.22. The van der Waals surface area contributed by atoms with Gasteiger partial charge in [0.15, 0.2) is 11.5 Å². The van der Waals surface area contributed by atoms with Gasteiger partial charge in [0, 0.05) is 40.6 Å². The number of urea groups is 1. The molecular weight excluding hydrogens is 599 g/mol. The van der Waals surface area contributed by atoms with Crippen molar-refractivity contribution in [3.8, 4) is 22.8 Å². The number of thioether (sulfide) groups is 1. The lowest BCUT2D eigenvalue weighted by Crippen LogP contribution is -2.36. The Kier molecular flexibility index (Phi) is 9.55. The molecule has 45 heavy (non-hydrogen) atoms. The predicted molar refractivity (Wildman–Crippen MR) is 173 cm³/mol. The highest BCUT2D eigenvalue weighted by atomic mass is 32.2. The number of nitrogens with one attached hydrogen (secondary N) is 5. The smallest absolute Gasteiger partial charge is 0.315 e. The van der Waals surface area contributed by atoms with Crippen LogP contribution < -0.4 is 30.7 Å². The summed E-state index contributed by atoms with van der Waals surface area (Å²) in [5.41, 5.74) is 2.48. The molecular formula is C32H39FN6O5S. The Hall–Kier alpha value is -4.10. The van der Waals surface area contributed by atoms with Crippen LogP contribution >= 0.6 is 11.8 Å². The molecule has 240 valence electrons. The molecule has 0 aromatic heterocycles. The largest absolute Gasteiger partial charge is 0.493 e. The third-order valence-electron chi connectivity index (χ3n) is 8.36. The van der Waals surface area contributed by atoms with Crippen molar-refractivity contribution in [3.63, 3.8) is 0 Å². The summed E-state index contributed by atoms with van der Waals surface area (Å²) in [5, 5.41) is 18.1. The third-order valence-corrected chi connectivity index (χ3v) is 9.87. The van der Waals surface area contributed by atoms with E-state index in [0.717, 1.165) is 52.9 Å². The van der Waals surface area contributed by atoms with Crippen LogP contribution in [0.2, 0.25) is 0 Å². The molecule has 11 nitrogen and oxygen atoms in total. The molecule has 13 heteroatoms. The van der Waals surface area contributed by atoms with Gasteiger partial charge in [0.05, 0.1) is 51.8 Å². The van der Waals surface area contributed by atoms with Crippen LogP contribution in [0, 0.1) is 5.82 Å². The highest BCUT2D eigenvalue weighted by molar-refractivity contribution is 8.00. The van der Waals surface area contributed by atoms with Crippen LogP contribution in [0.5, 0.6) is 11.5 Å². The predicted octanol–water partition coefficient (Wildman–Crippen LogP) is 4.83. The molecule has 3 aliphatic heterocycles. The number of benzene rings is 2. The van der Waals surface area contributed by atoms with E-state index in [1.54, 1.807) is 20.3 Å². The Morgan fingerprint density at radius 2 is 1.93 bits per heavy atom. The molecule has 2 fully saturated rings. The van der Waals surface area contributed by atoms with E-state index in [-0.39, 0.29) is 29.8 Å². The van der Waals surface area contributed by atoms with E-state index >= 15 is 0 Å². The summed E-state index contributed by atoms with van der Waals surface area (Å²) in [6, 6.07) is 12.6. The fourth-order valence-corrected chi connectivity index (χ4v) is 7.68. The van der Waals surface area contributed by atoms with Gasteiger partial charge < -0.3 is 35.5 Å². The maximum atomic E-state index is 14.0. The van der Waals surface area contributed by atoms with Crippen molar-refractivity contribution in [2.24, 2.45) is 0 Å². The molecule has 2 aromatic rings. The van der Waals surface area contributed by atoms with E-state index in [1.807, 2.05) is 34.6 Å². The maximum absolute atomic E-state index is 14.0. The van der Waals surface area contributed by atoms with Crippen LogP contribution in [0.1, 0.15) is 25.7 Å². The van der Waals surface area contributed by atoms with Gasteiger partial charge in [-0.25, -0.2) is 9.18 Å². The number of methoxy groups -OCH3 is 2. The average Bonchev–Trinajstić information content (AvgIpc) is 3.77. The molecule has 6 rings (SSSR count). The number of hydrogen-bond donors (Lipinski definition) is 5. The van der Waals surface area contributed by atoms with Gasteiger partial charge in [-0.1, -0.05) is 12.5 Å². The van der Waals surface area contributed by atoms with Gasteiger partial charge in [0.2, 0.25) is 5.91 Å². The second kappa shape index (κ2) is 13.9. The van der Waals surface area contributed by atoms with Crippen LogP contribution in [0.4, 0.5) is 20.7 Å². The SMILES string of the molecule is COc1cc2cc3c(Nc4cccc(F)c4)n(CCOCCNC(=O)CCCCC4SCC5NC(=O)NC54)[nH]c-3c2cc1OC. The minimum Gasteiger partial charge on any atom is -0.493 e. The second-order valence-corrected chi connectivity index (χ2v) is 12.6. The first-order chi connectivity index (χ1) is 21.9. The highest BCUT2D eigenvalue weighted by Crippen LogP contribution is 2.44. The Labute approximate surface area is 265 Å². The maximum Gasteiger partial charge on any atom is 0.315 e. The lowest BCUT2D eigenvalue weighted by Gasteiger charge is -2.16. The summed E-state index contributed by atoms with van der Waals surface area (Å²) >= 11 is 1.89. The topological polar surface area (TPSA) is 131 Å². The van der Waals surface area contributed by atoms with Crippen molar-refractivity contribution < 1.29 is 28.2 Å². The van der Waals surface area contributed by atoms with Gasteiger partial charge in [0.1, 0.15) is 11.6 Å². The summed E-state index contributed by atoms with van der Waals surface area (Å²) in [6.45, 7) is 1.73. The Balaban J connectivity index is 0.994. The lowest BCUT2D eigenvalue weighted by molar-refractivity contribution is -0.121. The first-order valence-corrected chi connectivity index (χ1v) is 16.3. The van der Waals surface area contributed by atoms with Gasteiger partial charge >= 0.3 is 6.03 Å². The third kappa shape index (κ3) is 6.94. The number of nitrogens with zero attached hydrogens (tertiary/aromatic N) is 1. The minimum absolute atomic E-state index is 0.0180. The number of aromatic nitrogens is 2. The molecule has 3 atom stereocenters. The zero-order valence-electron chi connectivity index (χ0n) is 25.4. The molecule has 1 aliphatic carbocycles. The Morgan fingerprint density at radius 3 is 2.76 bits per heavy atom. The molecule has 3 unspecified atom stereocenters. The van der Waals surface area contributed by atoms with Crippen LogP contribution in [0.3, 0.4) is 0 Å². The number of unbranched alkanes of at least 4 members (excludes halogenated alkanes) is 1. The van der Waals surface area contributed by atoms with Gasteiger partial charge in [-0.2, -0.15) is 11.8 Å². The molecule has 2 aromatic carbocycles. The molecule has 2 saturated heterocycles. The zero-order valence-corrected chi connectivity index (χ0v) is 26.2. The van der Waals surface area contributed by atoms with Crippen molar-refractivity contribution >= 4 is 46.0 Å². The van der Waals surface area contributed by atoms with Crippen molar-refractivity contribution in [1.82, 2.24) is 25.7 Å². The van der Waals surface area contributed by atoms with E-state index in [0.29, 0.717) is 55.2 Å². The second-order valence-electron chi connectivity index (χ2n) is 11.3.